The van der Waals surface area contributed by atoms with Gasteiger partial charge in [-0.3, -0.25) is 4.79 Å². The van der Waals surface area contributed by atoms with Crippen LogP contribution in [-0.4, -0.2) is 25.2 Å². The highest BCUT2D eigenvalue weighted by atomic mass is 32.2. The van der Waals surface area contributed by atoms with Gasteiger partial charge in [0, 0.05) is 12.7 Å². The van der Waals surface area contributed by atoms with E-state index in [4.69, 9.17) is 0 Å². The maximum atomic E-state index is 11.6. The first-order chi connectivity index (χ1) is 5.75. The molecule has 0 aliphatic heterocycles. The third-order valence-electron chi connectivity index (χ3n) is 2.77. The van der Waals surface area contributed by atoms with Crippen LogP contribution >= 0.6 is 0 Å². The second-order valence-electron chi connectivity index (χ2n) is 4.35. The van der Waals surface area contributed by atoms with Crippen molar-refractivity contribution < 1.29 is 13.2 Å². The first-order valence-electron chi connectivity index (χ1n) is 4.48. The molecule has 0 atom stereocenters. The van der Waals surface area contributed by atoms with Crippen LogP contribution < -0.4 is 0 Å². The van der Waals surface area contributed by atoms with Crippen LogP contribution in [0.15, 0.2) is 0 Å². The Balaban J connectivity index is 2.72. The third-order valence-corrected chi connectivity index (χ3v) is 4.85. The molecule has 76 valence electrons. The molecule has 0 aromatic rings. The lowest BCUT2D eigenvalue weighted by Crippen LogP contribution is -2.40. The summed E-state index contributed by atoms with van der Waals surface area (Å²) >= 11 is 0. The van der Waals surface area contributed by atoms with Gasteiger partial charge in [-0.15, -0.1) is 0 Å². The standard InChI is InChI=1S/C9H16O3S/c1-9(2,13(3,11)12)8(10)6-7-4-5-7/h7H,4-6H2,1-3H3. The van der Waals surface area contributed by atoms with Crippen molar-refractivity contribution in [3.8, 4) is 0 Å². The molecular weight excluding hydrogens is 188 g/mol. The summed E-state index contributed by atoms with van der Waals surface area (Å²) in [5.41, 5.74) is 0. The van der Waals surface area contributed by atoms with E-state index in [1.54, 1.807) is 0 Å². The number of rotatable bonds is 4. The van der Waals surface area contributed by atoms with Gasteiger partial charge in [-0.2, -0.15) is 0 Å². The Hall–Kier alpha value is -0.380. The van der Waals surface area contributed by atoms with Gasteiger partial charge in [0.2, 0.25) is 0 Å². The van der Waals surface area contributed by atoms with Gasteiger partial charge in [0.05, 0.1) is 0 Å². The normalized spacial score (nSPS) is 18.7. The highest BCUT2D eigenvalue weighted by molar-refractivity contribution is 7.92. The molecule has 1 fully saturated rings. The van der Waals surface area contributed by atoms with E-state index in [0.717, 1.165) is 19.1 Å². The average molecular weight is 204 g/mol. The lowest BCUT2D eigenvalue weighted by molar-refractivity contribution is -0.121. The number of hydrogen-bond acceptors (Lipinski definition) is 3. The van der Waals surface area contributed by atoms with E-state index in [2.05, 4.69) is 0 Å². The fourth-order valence-electron chi connectivity index (χ4n) is 1.04. The molecule has 1 saturated carbocycles. The van der Waals surface area contributed by atoms with Gasteiger partial charge in [0.25, 0.3) is 0 Å². The van der Waals surface area contributed by atoms with Gasteiger partial charge in [0.1, 0.15) is 4.75 Å². The fourth-order valence-corrected chi connectivity index (χ4v) is 1.53. The molecule has 0 N–H and O–H groups in total. The molecule has 0 radical (unpaired) electrons. The smallest absolute Gasteiger partial charge is 0.159 e. The minimum atomic E-state index is -3.27. The number of ketones is 1. The Labute approximate surface area is 79.4 Å². The molecule has 0 aromatic carbocycles. The quantitative estimate of drug-likeness (QED) is 0.691. The van der Waals surface area contributed by atoms with E-state index in [-0.39, 0.29) is 5.78 Å². The van der Waals surface area contributed by atoms with Crippen LogP contribution in [0.4, 0.5) is 0 Å². The highest BCUT2D eigenvalue weighted by Crippen LogP contribution is 2.35. The minimum absolute atomic E-state index is 0.141. The molecule has 0 heterocycles. The molecule has 0 aromatic heterocycles. The van der Waals surface area contributed by atoms with Crippen molar-refractivity contribution in [3.63, 3.8) is 0 Å². The van der Waals surface area contributed by atoms with Crippen LogP contribution in [-0.2, 0) is 14.6 Å². The van der Waals surface area contributed by atoms with Crippen LogP contribution in [0.25, 0.3) is 0 Å². The fraction of sp³-hybridized carbons (Fsp3) is 0.889. The van der Waals surface area contributed by atoms with E-state index >= 15 is 0 Å². The Kier molecular flexibility index (Phi) is 2.54. The Morgan fingerprint density at radius 2 is 1.85 bits per heavy atom. The van der Waals surface area contributed by atoms with E-state index in [1.165, 1.54) is 13.8 Å². The van der Waals surface area contributed by atoms with Gasteiger partial charge in [0.15, 0.2) is 15.6 Å². The molecule has 1 rings (SSSR count). The maximum absolute atomic E-state index is 11.6. The van der Waals surface area contributed by atoms with Crippen molar-refractivity contribution in [1.82, 2.24) is 0 Å². The van der Waals surface area contributed by atoms with Crippen molar-refractivity contribution in [2.75, 3.05) is 6.26 Å². The zero-order valence-corrected chi connectivity index (χ0v) is 9.15. The van der Waals surface area contributed by atoms with Crippen LogP contribution in [0.3, 0.4) is 0 Å². The van der Waals surface area contributed by atoms with Crippen LogP contribution in [0.5, 0.6) is 0 Å². The molecule has 0 unspecified atom stereocenters. The topological polar surface area (TPSA) is 51.2 Å². The first-order valence-corrected chi connectivity index (χ1v) is 6.37. The van der Waals surface area contributed by atoms with Gasteiger partial charge in [-0.1, -0.05) is 0 Å². The first kappa shape index (κ1) is 10.7. The summed E-state index contributed by atoms with van der Waals surface area (Å²) < 4.78 is 21.4. The zero-order valence-electron chi connectivity index (χ0n) is 8.33. The summed E-state index contributed by atoms with van der Waals surface area (Å²) in [4.78, 5) is 11.6. The lowest BCUT2D eigenvalue weighted by Gasteiger charge is -2.20. The summed E-state index contributed by atoms with van der Waals surface area (Å²) in [5, 5.41) is 0. The van der Waals surface area contributed by atoms with Crippen LogP contribution in [0.1, 0.15) is 33.1 Å². The molecule has 0 bridgehead atoms. The van der Waals surface area contributed by atoms with Crippen LogP contribution in [0, 0.1) is 5.92 Å². The van der Waals surface area contributed by atoms with E-state index in [0.29, 0.717) is 12.3 Å². The predicted molar refractivity (Wildman–Crippen MR) is 51.3 cm³/mol. The van der Waals surface area contributed by atoms with Crippen molar-refractivity contribution in [3.05, 3.63) is 0 Å². The zero-order chi connectivity index (χ0) is 10.3. The SMILES string of the molecule is CC(C)(C(=O)CC1CC1)S(C)(=O)=O. The van der Waals surface area contributed by atoms with Crippen molar-refractivity contribution in [1.29, 1.82) is 0 Å². The highest BCUT2D eigenvalue weighted by Gasteiger charge is 2.40. The molecule has 0 spiro atoms. The number of carbonyl (C=O) groups is 1. The van der Waals surface area contributed by atoms with Crippen molar-refractivity contribution in [2.24, 2.45) is 5.92 Å². The molecule has 13 heavy (non-hydrogen) atoms. The molecule has 3 nitrogen and oxygen atoms in total. The van der Waals surface area contributed by atoms with Crippen molar-refractivity contribution in [2.45, 2.75) is 37.9 Å². The molecule has 0 saturated heterocycles. The minimum Gasteiger partial charge on any atom is -0.298 e. The monoisotopic (exact) mass is 204 g/mol. The number of hydrogen-bond donors (Lipinski definition) is 0. The van der Waals surface area contributed by atoms with Gasteiger partial charge >= 0.3 is 0 Å². The van der Waals surface area contributed by atoms with E-state index in [1.807, 2.05) is 0 Å². The molecule has 1 aliphatic carbocycles. The summed E-state index contributed by atoms with van der Waals surface area (Å²) in [6.07, 6.45) is 3.70. The summed E-state index contributed by atoms with van der Waals surface area (Å²) in [5.74, 6) is 0.311. The summed E-state index contributed by atoms with van der Waals surface area (Å²) in [6, 6.07) is 0. The van der Waals surface area contributed by atoms with Crippen LogP contribution in [0.2, 0.25) is 0 Å². The van der Waals surface area contributed by atoms with Crippen molar-refractivity contribution >= 4 is 15.6 Å². The van der Waals surface area contributed by atoms with Gasteiger partial charge in [-0.05, 0) is 32.6 Å². The second-order valence-corrected chi connectivity index (χ2v) is 6.92. The Bertz CT molecular complexity index is 310. The molecule has 0 amide bonds. The number of carbonyl (C=O) groups excluding carboxylic acids is 1. The average Bonchev–Trinajstić information content (AvgIpc) is 2.68. The van der Waals surface area contributed by atoms with Gasteiger partial charge in [-0.25, -0.2) is 8.42 Å². The van der Waals surface area contributed by atoms with E-state index in [9.17, 15) is 13.2 Å². The third kappa shape index (κ3) is 2.30. The summed E-state index contributed by atoms with van der Waals surface area (Å²) in [7, 11) is -3.27. The van der Waals surface area contributed by atoms with E-state index < -0.39 is 14.6 Å². The largest absolute Gasteiger partial charge is 0.298 e. The number of sulfone groups is 1. The molecular formula is C9H16O3S. The van der Waals surface area contributed by atoms with Gasteiger partial charge < -0.3 is 0 Å². The Morgan fingerprint density at radius 1 is 1.38 bits per heavy atom. The predicted octanol–water partition coefficient (Wildman–Crippen LogP) is 1.18. The number of Topliss-reactive ketones (excluding diaryl/α,β-unsaturated/α-hetero) is 1. The Morgan fingerprint density at radius 3 is 2.15 bits per heavy atom. The second kappa shape index (κ2) is 3.08. The molecule has 4 heteroatoms. The summed E-state index contributed by atoms with van der Waals surface area (Å²) in [6.45, 7) is 2.99. The maximum Gasteiger partial charge on any atom is 0.159 e. The molecule has 1 aliphatic rings. The lowest BCUT2D eigenvalue weighted by atomic mass is 10.0.